The summed E-state index contributed by atoms with van der Waals surface area (Å²) in [6.07, 6.45) is -5.08. The molecule has 1 aromatic carbocycles. The summed E-state index contributed by atoms with van der Waals surface area (Å²) in [5.74, 6) is -0.695. The standard InChI is InChI=1S/C22H18ClF3N4O6/c1-3-34-18-9-8-17(30(32)33)19(28-18)29-20(31)12(2)35-14-4-6-15(7-5-14)36-21-16(23)10-13(11-27-21)22(24,25)26/h4-12H,3H2,1-2H3,(H,28,29,31). The number of pyridine rings is 2. The lowest BCUT2D eigenvalue weighted by Crippen LogP contribution is -2.30. The van der Waals surface area contributed by atoms with E-state index in [0.29, 0.717) is 12.3 Å². The van der Waals surface area contributed by atoms with Gasteiger partial charge in [0.1, 0.15) is 16.5 Å². The Labute approximate surface area is 207 Å². The lowest BCUT2D eigenvalue weighted by Gasteiger charge is -2.15. The number of aromatic nitrogens is 2. The molecule has 0 aliphatic rings. The smallest absolute Gasteiger partial charge is 0.417 e. The van der Waals surface area contributed by atoms with Crippen LogP contribution in [0.15, 0.2) is 48.7 Å². The fourth-order valence-electron chi connectivity index (χ4n) is 2.73. The molecule has 14 heteroatoms. The normalized spacial score (nSPS) is 11.9. The zero-order valence-corrected chi connectivity index (χ0v) is 19.5. The van der Waals surface area contributed by atoms with Crippen LogP contribution in [0.4, 0.5) is 24.7 Å². The second-order valence-electron chi connectivity index (χ2n) is 7.04. The molecule has 3 aromatic rings. The molecule has 10 nitrogen and oxygen atoms in total. The Bertz CT molecular complexity index is 1260. The number of carbonyl (C=O) groups is 1. The molecular formula is C22H18ClF3N4O6. The van der Waals surface area contributed by atoms with Crippen molar-refractivity contribution in [3.8, 4) is 23.3 Å². The monoisotopic (exact) mass is 526 g/mol. The summed E-state index contributed by atoms with van der Waals surface area (Å²) in [6.45, 7) is 3.41. The van der Waals surface area contributed by atoms with Gasteiger partial charge >= 0.3 is 11.9 Å². The second kappa shape index (κ2) is 11.1. The number of amides is 1. The van der Waals surface area contributed by atoms with E-state index < -0.39 is 34.4 Å². The van der Waals surface area contributed by atoms with Gasteiger partial charge in [-0.25, -0.2) is 4.98 Å². The first-order chi connectivity index (χ1) is 17.0. The van der Waals surface area contributed by atoms with E-state index in [1.54, 1.807) is 6.92 Å². The van der Waals surface area contributed by atoms with Crippen LogP contribution in [0.1, 0.15) is 19.4 Å². The minimum Gasteiger partial charge on any atom is -0.481 e. The fraction of sp³-hybridized carbons (Fsp3) is 0.227. The van der Waals surface area contributed by atoms with Crippen molar-refractivity contribution in [3.63, 3.8) is 0 Å². The van der Waals surface area contributed by atoms with Gasteiger partial charge in [-0.3, -0.25) is 14.9 Å². The van der Waals surface area contributed by atoms with E-state index in [-0.39, 0.29) is 40.7 Å². The molecule has 0 radical (unpaired) electrons. The number of nitrogens with one attached hydrogen (secondary N) is 1. The zero-order valence-electron chi connectivity index (χ0n) is 18.7. The van der Waals surface area contributed by atoms with Crippen LogP contribution in [0.2, 0.25) is 5.02 Å². The Morgan fingerprint density at radius 2 is 1.86 bits per heavy atom. The Kier molecular flexibility index (Phi) is 8.14. The molecule has 2 aromatic heterocycles. The molecule has 3 rings (SSSR count). The summed E-state index contributed by atoms with van der Waals surface area (Å²) >= 11 is 5.83. The quantitative estimate of drug-likeness (QED) is 0.280. The van der Waals surface area contributed by atoms with Crippen LogP contribution in [0, 0.1) is 10.1 Å². The molecule has 2 heterocycles. The van der Waals surface area contributed by atoms with E-state index in [9.17, 15) is 28.1 Å². The third-order valence-corrected chi connectivity index (χ3v) is 4.70. The Hall–Kier alpha value is -4.13. The number of benzene rings is 1. The molecule has 1 unspecified atom stereocenters. The molecule has 1 atom stereocenters. The summed E-state index contributed by atoms with van der Waals surface area (Å²) in [5.41, 5.74) is -1.43. The predicted molar refractivity (Wildman–Crippen MR) is 122 cm³/mol. The Morgan fingerprint density at radius 3 is 2.44 bits per heavy atom. The molecule has 190 valence electrons. The van der Waals surface area contributed by atoms with Crippen molar-refractivity contribution >= 4 is 29.0 Å². The van der Waals surface area contributed by atoms with Crippen molar-refractivity contribution in [2.75, 3.05) is 11.9 Å². The number of hydrogen-bond acceptors (Lipinski definition) is 8. The van der Waals surface area contributed by atoms with Gasteiger partial charge in [-0.15, -0.1) is 0 Å². The Morgan fingerprint density at radius 1 is 1.19 bits per heavy atom. The fourth-order valence-corrected chi connectivity index (χ4v) is 2.94. The van der Waals surface area contributed by atoms with Gasteiger partial charge in [0.15, 0.2) is 6.10 Å². The van der Waals surface area contributed by atoms with Crippen LogP contribution in [0.25, 0.3) is 0 Å². The summed E-state index contributed by atoms with van der Waals surface area (Å²) in [7, 11) is 0. The summed E-state index contributed by atoms with van der Waals surface area (Å²) in [6, 6.07) is 8.90. The van der Waals surface area contributed by atoms with Gasteiger partial charge in [-0.2, -0.15) is 18.2 Å². The van der Waals surface area contributed by atoms with Crippen LogP contribution in [0.3, 0.4) is 0 Å². The molecule has 36 heavy (non-hydrogen) atoms. The van der Waals surface area contributed by atoms with Crippen LogP contribution in [-0.2, 0) is 11.0 Å². The number of nitro groups is 1. The Balaban J connectivity index is 1.65. The van der Waals surface area contributed by atoms with Crippen LogP contribution < -0.4 is 19.5 Å². The second-order valence-corrected chi connectivity index (χ2v) is 7.45. The lowest BCUT2D eigenvalue weighted by molar-refractivity contribution is -0.384. The van der Waals surface area contributed by atoms with Crippen molar-refractivity contribution in [1.82, 2.24) is 9.97 Å². The lowest BCUT2D eigenvalue weighted by atomic mass is 10.3. The van der Waals surface area contributed by atoms with Gasteiger partial charge in [-0.1, -0.05) is 11.6 Å². The van der Waals surface area contributed by atoms with Crippen LogP contribution in [-0.4, -0.2) is 33.5 Å². The zero-order chi connectivity index (χ0) is 26.5. The largest absolute Gasteiger partial charge is 0.481 e. The summed E-state index contributed by atoms with van der Waals surface area (Å²) < 4.78 is 54.4. The van der Waals surface area contributed by atoms with E-state index in [2.05, 4.69) is 15.3 Å². The highest BCUT2D eigenvalue weighted by atomic mass is 35.5. The maximum absolute atomic E-state index is 12.7. The maximum Gasteiger partial charge on any atom is 0.417 e. The highest BCUT2D eigenvalue weighted by Gasteiger charge is 2.32. The predicted octanol–water partition coefficient (Wildman–Crippen LogP) is 5.65. The number of hydrogen-bond donors (Lipinski definition) is 1. The van der Waals surface area contributed by atoms with Gasteiger partial charge < -0.3 is 19.5 Å². The molecule has 0 saturated heterocycles. The van der Waals surface area contributed by atoms with E-state index in [1.807, 2.05) is 0 Å². The minimum absolute atomic E-state index is 0.102. The molecule has 0 aliphatic carbocycles. The highest BCUT2D eigenvalue weighted by Crippen LogP contribution is 2.35. The van der Waals surface area contributed by atoms with Crippen LogP contribution >= 0.6 is 11.6 Å². The summed E-state index contributed by atoms with van der Waals surface area (Å²) in [4.78, 5) is 30.6. The van der Waals surface area contributed by atoms with Gasteiger partial charge in [-0.05, 0) is 44.2 Å². The van der Waals surface area contributed by atoms with E-state index >= 15 is 0 Å². The topological polar surface area (TPSA) is 126 Å². The van der Waals surface area contributed by atoms with Gasteiger partial charge in [0, 0.05) is 18.3 Å². The van der Waals surface area contributed by atoms with Crippen molar-refractivity contribution in [1.29, 1.82) is 0 Å². The number of nitrogens with zero attached hydrogens (tertiary/aromatic N) is 3. The minimum atomic E-state index is -4.59. The van der Waals surface area contributed by atoms with Crippen molar-refractivity contribution in [2.24, 2.45) is 0 Å². The molecule has 0 bridgehead atoms. The number of ether oxygens (including phenoxy) is 3. The molecular weight excluding hydrogens is 509 g/mol. The molecule has 1 amide bonds. The van der Waals surface area contributed by atoms with Crippen molar-refractivity contribution < 1.29 is 37.1 Å². The first-order valence-corrected chi connectivity index (χ1v) is 10.6. The molecule has 1 N–H and O–H groups in total. The van der Waals surface area contributed by atoms with Gasteiger partial charge in [0.25, 0.3) is 5.91 Å². The van der Waals surface area contributed by atoms with Gasteiger partial charge in [0.05, 0.1) is 17.1 Å². The first-order valence-electron chi connectivity index (χ1n) is 10.2. The first kappa shape index (κ1) is 26.5. The summed E-state index contributed by atoms with van der Waals surface area (Å²) in [5, 5.41) is 13.3. The SMILES string of the molecule is CCOc1ccc([N+](=O)[O-])c(NC(=O)C(C)Oc2ccc(Oc3ncc(C(F)(F)F)cc3Cl)cc2)n1. The molecule has 0 saturated carbocycles. The number of carbonyl (C=O) groups excluding carboxylic acids is 1. The maximum atomic E-state index is 12.7. The number of anilines is 1. The molecule has 0 spiro atoms. The third kappa shape index (κ3) is 6.72. The molecule has 0 aliphatic heterocycles. The molecule has 0 fully saturated rings. The van der Waals surface area contributed by atoms with Crippen molar-refractivity contribution in [3.05, 3.63) is 69.4 Å². The average Bonchev–Trinajstić information content (AvgIpc) is 2.81. The van der Waals surface area contributed by atoms with E-state index in [4.69, 9.17) is 25.8 Å². The third-order valence-electron chi connectivity index (χ3n) is 4.43. The van der Waals surface area contributed by atoms with E-state index in [0.717, 1.165) is 6.07 Å². The average molecular weight is 527 g/mol. The van der Waals surface area contributed by atoms with E-state index in [1.165, 1.54) is 37.3 Å². The number of alkyl halides is 3. The van der Waals surface area contributed by atoms with Crippen molar-refractivity contribution in [2.45, 2.75) is 26.1 Å². The number of halogens is 4. The van der Waals surface area contributed by atoms with Crippen LogP contribution in [0.5, 0.6) is 23.3 Å². The number of rotatable bonds is 9. The van der Waals surface area contributed by atoms with Gasteiger partial charge in [0.2, 0.25) is 17.6 Å². The highest BCUT2D eigenvalue weighted by molar-refractivity contribution is 6.31.